The predicted octanol–water partition coefficient (Wildman–Crippen LogP) is 12.6. The van der Waals surface area contributed by atoms with Gasteiger partial charge in [-0.3, -0.25) is 24.1 Å². The van der Waals surface area contributed by atoms with E-state index >= 15 is 0 Å². The molecule has 310 valence electrons. The summed E-state index contributed by atoms with van der Waals surface area (Å²) in [6.45, 7) is 3.25. The van der Waals surface area contributed by atoms with E-state index < -0.39 is 11.9 Å². The van der Waals surface area contributed by atoms with Crippen molar-refractivity contribution in [3.63, 3.8) is 0 Å². The average molecular weight is 834 g/mol. The van der Waals surface area contributed by atoms with Gasteiger partial charge >= 0.3 is 11.9 Å². The Bertz CT molecular complexity index is 2250. The summed E-state index contributed by atoms with van der Waals surface area (Å²) in [7, 11) is 0. The number of amides is 2. The summed E-state index contributed by atoms with van der Waals surface area (Å²) in [5, 5.41) is 6.77. The van der Waals surface area contributed by atoms with Gasteiger partial charge in [0.2, 0.25) is 0 Å². The normalized spacial score (nSPS) is 13.9. The molecule has 10 heteroatoms. The van der Waals surface area contributed by atoms with E-state index in [0.29, 0.717) is 33.0 Å². The van der Waals surface area contributed by atoms with Crippen LogP contribution in [0.15, 0.2) is 48.5 Å². The number of imide groups is 1. The number of thioether (sulfide) groups is 2. The molecule has 7 rings (SSSR count). The van der Waals surface area contributed by atoms with E-state index in [0.717, 1.165) is 121 Å². The first kappa shape index (κ1) is 42.8. The quantitative estimate of drug-likeness (QED) is 0.0158. The molecule has 2 aliphatic heterocycles. The molecule has 0 spiro atoms. The second-order valence-corrected chi connectivity index (χ2v) is 18.9. The molecule has 0 aliphatic carbocycles. The average Bonchev–Trinajstić information content (AvgIpc) is 3.21. The Labute approximate surface area is 355 Å². The van der Waals surface area contributed by atoms with Crippen LogP contribution in [0.3, 0.4) is 0 Å². The van der Waals surface area contributed by atoms with E-state index in [9.17, 15) is 28.8 Å². The van der Waals surface area contributed by atoms with Gasteiger partial charge in [0.25, 0.3) is 11.8 Å². The third-order valence-corrected chi connectivity index (χ3v) is 14.1. The fourth-order valence-electron chi connectivity index (χ4n) is 9.38. The van der Waals surface area contributed by atoms with Crippen molar-refractivity contribution in [2.75, 3.05) is 11.5 Å². The van der Waals surface area contributed by atoms with Gasteiger partial charge in [0.15, 0.2) is 10.2 Å². The second-order valence-electron chi connectivity index (χ2n) is 16.4. The fraction of sp³-hybridized carbons (Fsp3) is 0.469. The van der Waals surface area contributed by atoms with Crippen molar-refractivity contribution in [3.05, 3.63) is 70.8 Å². The Morgan fingerprint density at radius 2 is 0.780 bits per heavy atom. The zero-order valence-corrected chi connectivity index (χ0v) is 36.1. The number of carbonyl (C=O) groups is 6. The van der Waals surface area contributed by atoms with Gasteiger partial charge in [0.1, 0.15) is 0 Å². The standard InChI is InChI=1S/C49H55NO7S2/c1-31(51)58-29-17-13-9-5-3-7-11-15-19-33(20-16-12-8-4-6-10-14-18-30-59-32(2)52)50-46(53)38-25-21-34-36-23-27-40-45-41(49(56)57-48(40)55)28-24-37(43(36)45)35-22-26-39(47(50)54)44(38)42(34)35/h21-28,33H,3-20,29-30H2,1-2H3. The van der Waals surface area contributed by atoms with E-state index in [2.05, 4.69) is 0 Å². The van der Waals surface area contributed by atoms with E-state index in [4.69, 9.17) is 4.74 Å². The van der Waals surface area contributed by atoms with Crippen LogP contribution < -0.4 is 0 Å². The van der Waals surface area contributed by atoms with Crippen molar-refractivity contribution in [2.45, 2.75) is 135 Å². The van der Waals surface area contributed by atoms with Gasteiger partial charge in [-0.2, -0.15) is 0 Å². The minimum absolute atomic E-state index is 0.183. The molecule has 0 radical (unpaired) electrons. The molecule has 0 fully saturated rings. The van der Waals surface area contributed by atoms with Gasteiger partial charge in [-0.15, -0.1) is 0 Å². The van der Waals surface area contributed by atoms with E-state index in [1.165, 1.54) is 62.0 Å². The van der Waals surface area contributed by atoms with Gasteiger partial charge in [0.05, 0.1) is 11.1 Å². The Hall–Kier alpha value is -4.28. The number of cyclic esters (lactones) is 2. The zero-order valence-electron chi connectivity index (χ0n) is 34.5. The Morgan fingerprint density at radius 1 is 0.458 bits per heavy atom. The van der Waals surface area contributed by atoms with Crippen LogP contribution in [0, 0.1) is 0 Å². The van der Waals surface area contributed by atoms with Crippen molar-refractivity contribution in [3.8, 4) is 0 Å². The first-order chi connectivity index (χ1) is 28.7. The summed E-state index contributed by atoms with van der Waals surface area (Å²) in [6, 6.07) is 14.7. The Balaban J connectivity index is 1.06. The van der Waals surface area contributed by atoms with Gasteiger partial charge in [-0.05, 0) is 82.3 Å². The van der Waals surface area contributed by atoms with Crippen molar-refractivity contribution in [1.82, 2.24) is 4.90 Å². The number of nitrogens with zero attached hydrogens (tertiary/aromatic N) is 1. The minimum atomic E-state index is -0.658. The maximum Gasteiger partial charge on any atom is 0.346 e. The molecule has 0 unspecified atom stereocenters. The SMILES string of the molecule is CC(=O)SCCCCCCCCCCC(CCCCCCCCCCSC(C)=O)N1C(=O)c2ccc3c4ccc5c6c(ccc(c7ccc(c2c37)C1=O)c64)C(=O)OC5=O. The molecule has 2 amide bonds. The second kappa shape index (κ2) is 19.9. The lowest BCUT2D eigenvalue weighted by atomic mass is 9.82. The molecule has 5 aromatic carbocycles. The lowest BCUT2D eigenvalue weighted by Gasteiger charge is -2.35. The number of fused-ring (bicyclic) bond motifs is 2. The number of unbranched alkanes of at least 4 members (excludes halogenated alkanes) is 14. The summed E-state index contributed by atoms with van der Waals surface area (Å²) in [6.07, 6.45) is 19.4. The minimum Gasteiger partial charge on any atom is -0.386 e. The molecule has 0 N–H and O–H groups in total. The van der Waals surface area contributed by atoms with Crippen LogP contribution in [0.1, 0.15) is 171 Å². The molecular weight excluding hydrogens is 779 g/mol. The molecular formula is C49H55NO7S2. The number of hydrogen-bond acceptors (Lipinski definition) is 9. The summed E-state index contributed by atoms with van der Waals surface area (Å²) in [4.78, 5) is 78.7. The van der Waals surface area contributed by atoms with Crippen LogP contribution in [0.4, 0.5) is 0 Å². The molecule has 59 heavy (non-hydrogen) atoms. The predicted molar refractivity (Wildman–Crippen MR) is 241 cm³/mol. The highest BCUT2D eigenvalue weighted by Crippen LogP contribution is 2.46. The van der Waals surface area contributed by atoms with Crippen LogP contribution in [-0.4, -0.2) is 56.4 Å². The maximum absolute atomic E-state index is 14.6. The number of esters is 2. The number of ether oxygens (including phenoxy) is 1. The molecule has 0 bridgehead atoms. The van der Waals surface area contributed by atoms with Gasteiger partial charge in [-0.1, -0.05) is 138 Å². The third kappa shape index (κ3) is 9.39. The monoisotopic (exact) mass is 833 g/mol. The van der Waals surface area contributed by atoms with Crippen LogP contribution in [0.5, 0.6) is 0 Å². The first-order valence-electron chi connectivity index (χ1n) is 21.8. The highest BCUT2D eigenvalue weighted by Gasteiger charge is 2.38. The van der Waals surface area contributed by atoms with Crippen molar-refractivity contribution >= 4 is 101 Å². The molecule has 2 aliphatic rings. The van der Waals surface area contributed by atoms with Crippen LogP contribution >= 0.6 is 23.5 Å². The smallest absolute Gasteiger partial charge is 0.346 e. The fourth-order valence-corrected chi connectivity index (χ4v) is 10.7. The highest BCUT2D eigenvalue weighted by molar-refractivity contribution is 8.13. The number of carbonyl (C=O) groups excluding carboxylic acids is 6. The van der Waals surface area contributed by atoms with Crippen LogP contribution in [0.2, 0.25) is 0 Å². The summed E-state index contributed by atoms with van der Waals surface area (Å²) in [5.74, 6) is 0.0346. The van der Waals surface area contributed by atoms with Gasteiger partial charge in [-0.25, -0.2) is 9.59 Å². The van der Waals surface area contributed by atoms with Gasteiger partial charge in [0, 0.05) is 53.3 Å². The highest BCUT2D eigenvalue weighted by atomic mass is 32.2. The largest absolute Gasteiger partial charge is 0.386 e. The van der Waals surface area contributed by atoms with Crippen molar-refractivity contribution in [2.24, 2.45) is 0 Å². The Kier molecular flexibility index (Phi) is 14.4. The molecule has 2 heterocycles. The zero-order chi connectivity index (χ0) is 41.5. The third-order valence-electron chi connectivity index (χ3n) is 12.3. The molecule has 8 nitrogen and oxygen atoms in total. The maximum atomic E-state index is 14.6. The molecule has 0 aromatic heterocycles. The van der Waals surface area contributed by atoms with E-state index in [1.54, 1.807) is 30.9 Å². The molecule has 5 aromatic rings. The Morgan fingerprint density at radius 3 is 1.15 bits per heavy atom. The topological polar surface area (TPSA) is 115 Å². The number of hydrogen-bond donors (Lipinski definition) is 0. The lowest BCUT2D eigenvalue weighted by Crippen LogP contribution is -2.47. The van der Waals surface area contributed by atoms with Crippen molar-refractivity contribution in [1.29, 1.82) is 0 Å². The summed E-state index contributed by atoms with van der Waals surface area (Å²) in [5.41, 5.74) is 1.80. The summed E-state index contributed by atoms with van der Waals surface area (Å²) >= 11 is 2.82. The van der Waals surface area contributed by atoms with Crippen molar-refractivity contribution < 1.29 is 33.5 Å². The summed E-state index contributed by atoms with van der Waals surface area (Å²) < 4.78 is 5.03. The molecule has 0 saturated carbocycles. The van der Waals surface area contributed by atoms with E-state index in [-0.39, 0.29) is 28.1 Å². The first-order valence-corrected chi connectivity index (χ1v) is 23.8. The number of rotatable bonds is 23. The molecule has 0 saturated heterocycles. The lowest BCUT2D eigenvalue weighted by molar-refractivity contribution is -0.109. The van der Waals surface area contributed by atoms with Gasteiger partial charge < -0.3 is 4.74 Å². The van der Waals surface area contributed by atoms with Crippen LogP contribution in [0.25, 0.3) is 43.1 Å². The van der Waals surface area contributed by atoms with Crippen LogP contribution in [-0.2, 0) is 14.3 Å². The van der Waals surface area contributed by atoms with E-state index in [1.807, 2.05) is 36.4 Å². The number of benzene rings is 5. The molecule has 0 atom stereocenters.